The third kappa shape index (κ3) is 7.30. The molecule has 0 atom stereocenters. The molecule has 0 unspecified atom stereocenters. The zero-order chi connectivity index (χ0) is 31.2. The van der Waals surface area contributed by atoms with Crippen molar-refractivity contribution in [2.75, 3.05) is 63.1 Å². The predicted octanol–water partition coefficient (Wildman–Crippen LogP) is 6.32. The number of nitrogens with one attached hydrogen (secondary N) is 1. The largest absolute Gasteiger partial charge is 0.481 e. The van der Waals surface area contributed by atoms with Crippen LogP contribution in [-0.2, 0) is 4.74 Å². The third-order valence-electron chi connectivity index (χ3n) is 8.37. The van der Waals surface area contributed by atoms with Gasteiger partial charge in [0.15, 0.2) is 12.4 Å². The van der Waals surface area contributed by atoms with E-state index in [1.807, 2.05) is 26.8 Å². The molecule has 3 aliphatic heterocycles. The molecule has 3 aliphatic rings. The number of halogens is 4. The number of benzene rings is 1. The highest BCUT2D eigenvalue weighted by molar-refractivity contribution is 9.10. The molecule has 0 bridgehead atoms. The van der Waals surface area contributed by atoms with E-state index in [1.54, 1.807) is 11.0 Å². The molecular formula is C30H40BrF3N6O3. The molecule has 1 N–H and O–H groups in total. The van der Waals surface area contributed by atoms with E-state index in [2.05, 4.69) is 44.7 Å². The molecular weight excluding hydrogens is 629 g/mol. The first kappa shape index (κ1) is 31.6. The molecule has 0 radical (unpaired) electrons. The number of ether oxygens (including phenoxy) is 2. The van der Waals surface area contributed by atoms with E-state index in [9.17, 15) is 18.0 Å². The van der Waals surface area contributed by atoms with Crippen molar-refractivity contribution in [3.05, 3.63) is 22.7 Å². The second-order valence-corrected chi connectivity index (χ2v) is 13.8. The van der Waals surface area contributed by atoms with Crippen LogP contribution in [0.3, 0.4) is 0 Å². The first-order chi connectivity index (χ1) is 20.2. The van der Waals surface area contributed by atoms with E-state index >= 15 is 0 Å². The minimum absolute atomic E-state index is 0.0141. The molecule has 1 amide bonds. The molecule has 1 spiro atoms. The quantitative estimate of drug-likeness (QED) is 0.383. The molecule has 4 heterocycles. The van der Waals surface area contributed by atoms with E-state index in [0.29, 0.717) is 58.9 Å². The first-order valence-corrected chi connectivity index (χ1v) is 15.5. The Morgan fingerprint density at radius 2 is 1.81 bits per heavy atom. The number of hydrogen-bond donors (Lipinski definition) is 1. The van der Waals surface area contributed by atoms with Crippen molar-refractivity contribution < 1.29 is 27.4 Å². The van der Waals surface area contributed by atoms with Gasteiger partial charge in [0.05, 0.1) is 4.47 Å². The fourth-order valence-corrected chi connectivity index (χ4v) is 6.60. The van der Waals surface area contributed by atoms with Crippen LogP contribution >= 0.6 is 15.9 Å². The Bertz CT molecular complexity index is 1360. The maximum atomic E-state index is 13.3. The van der Waals surface area contributed by atoms with Crippen LogP contribution in [0, 0.1) is 5.41 Å². The second kappa shape index (κ2) is 11.9. The molecule has 0 aliphatic carbocycles. The van der Waals surface area contributed by atoms with Gasteiger partial charge in [-0.15, -0.1) is 0 Å². The molecule has 1 aromatic carbocycles. The minimum Gasteiger partial charge on any atom is -0.481 e. The number of aromatic nitrogens is 2. The monoisotopic (exact) mass is 668 g/mol. The Hall–Kier alpha value is -2.80. The number of alkyl halides is 3. The second-order valence-electron chi connectivity index (χ2n) is 13.0. The van der Waals surface area contributed by atoms with Gasteiger partial charge in [0.25, 0.3) is 0 Å². The van der Waals surface area contributed by atoms with Crippen LogP contribution < -0.4 is 15.0 Å². The lowest BCUT2D eigenvalue weighted by molar-refractivity contribution is -0.153. The lowest BCUT2D eigenvalue weighted by atomic mass is 9.72. The van der Waals surface area contributed by atoms with Crippen LogP contribution in [0.2, 0.25) is 0 Å². The number of fused-ring (bicyclic) bond motifs is 1. The summed E-state index contributed by atoms with van der Waals surface area (Å²) in [6.45, 7) is 12.5. The summed E-state index contributed by atoms with van der Waals surface area (Å²) < 4.78 is 51.1. The molecule has 1 aromatic heterocycles. The average Bonchev–Trinajstić information content (AvgIpc) is 2.90. The first-order valence-electron chi connectivity index (χ1n) is 14.7. The lowest BCUT2D eigenvalue weighted by Gasteiger charge is -2.53. The van der Waals surface area contributed by atoms with Gasteiger partial charge in [-0.3, -0.25) is 0 Å². The van der Waals surface area contributed by atoms with Gasteiger partial charge in [-0.05, 0) is 94.2 Å². The Balaban J connectivity index is 1.44. The molecule has 43 heavy (non-hydrogen) atoms. The lowest BCUT2D eigenvalue weighted by Crippen LogP contribution is -2.62. The smallest absolute Gasteiger partial charge is 0.422 e. The fourth-order valence-electron chi connectivity index (χ4n) is 6.02. The third-order valence-corrected chi connectivity index (χ3v) is 9.19. The van der Waals surface area contributed by atoms with Gasteiger partial charge >= 0.3 is 12.3 Å². The zero-order valence-electron chi connectivity index (χ0n) is 25.2. The van der Waals surface area contributed by atoms with Gasteiger partial charge in [-0.25, -0.2) is 9.78 Å². The van der Waals surface area contributed by atoms with Gasteiger partial charge < -0.3 is 29.5 Å². The molecule has 3 saturated heterocycles. The van der Waals surface area contributed by atoms with Crippen molar-refractivity contribution in [3.8, 4) is 5.75 Å². The summed E-state index contributed by atoms with van der Waals surface area (Å²) in [7, 11) is 2.08. The summed E-state index contributed by atoms with van der Waals surface area (Å²) in [5.41, 5.74) is 0.369. The van der Waals surface area contributed by atoms with Crippen molar-refractivity contribution in [2.45, 2.75) is 64.3 Å². The predicted molar refractivity (Wildman–Crippen MR) is 165 cm³/mol. The van der Waals surface area contributed by atoms with Gasteiger partial charge in [0, 0.05) is 43.0 Å². The van der Waals surface area contributed by atoms with Gasteiger partial charge in [0.1, 0.15) is 16.9 Å². The number of nitrogens with zero attached hydrogens (tertiary/aromatic N) is 5. The molecule has 2 aromatic rings. The molecule has 13 heteroatoms. The molecule has 9 nitrogen and oxygen atoms in total. The number of carbonyl (C=O) groups is 1. The Kier molecular flexibility index (Phi) is 8.78. The SMILES string of the molecule is C=Cc1cc2c(N3CCC4(CC3)CN(C(=O)OC(C)(C)C)C4)nc(NC3CCN(C)CC3)nc2c(OCC(F)(F)F)c1Br. The van der Waals surface area contributed by atoms with E-state index in [-0.39, 0.29) is 23.3 Å². The van der Waals surface area contributed by atoms with Crippen molar-refractivity contribution in [1.82, 2.24) is 19.8 Å². The van der Waals surface area contributed by atoms with Gasteiger partial charge in [-0.2, -0.15) is 18.2 Å². The Morgan fingerprint density at radius 3 is 2.40 bits per heavy atom. The number of anilines is 2. The molecule has 5 rings (SSSR count). The van der Waals surface area contributed by atoms with Gasteiger partial charge in [0.2, 0.25) is 5.95 Å². The van der Waals surface area contributed by atoms with Crippen LogP contribution in [0.25, 0.3) is 17.0 Å². The minimum atomic E-state index is -4.52. The molecule has 0 saturated carbocycles. The number of piperidine rings is 2. The van der Waals surface area contributed by atoms with Crippen molar-refractivity contribution in [3.63, 3.8) is 0 Å². The Labute approximate surface area is 258 Å². The summed E-state index contributed by atoms with van der Waals surface area (Å²) >= 11 is 3.44. The fraction of sp³-hybridized carbons (Fsp3) is 0.633. The van der Waals surface area contributed by atoms with Crippen LogP contribution in [-0.4, -0.2) is 96.6 Å². The number of amides is 1. The maximum Gasteiger partial charge on any atom is 0.422 e. The Morgan fingerprint density at radius 1 is 1.16 bits per heavy atom. The van der Waals surface area contributed by atoms with Crippen molar-refractivity contribution >= 4 is 50.8 Å². The summed E-state index contributed by atoms with van der Waals surface area (Å²) in [6.07, 6.45) is 0.270. The summed E-state index contributed by atoms with van der Waals surface area (Å²) in [6, 6.07) is 2.00. The van der Waals surface area contributed by atoms with E-state index < -0.39 is 18.4 Å². The van der Waals surface area contributed by atoms with Crippen molar-refractivity contribution in [2.24, 2.45) is 5.41 Å². The standard InChI is InChI=1S/C30H40BrF3N6O3/c1-6-19-15-21-23(24(22(19)31)42-18-30(32,33)34)36-26(35-20-7-11-38(5)12-8-20)37-25(21)39-13-9-29(10-14-39)16-40(17-29)27(41)43-28(2,3)4/h6,15,20H,1,7-14,16-18H2,2-5H3,(H,35,36,37). The highest BCUT2D eigenvalue weighted by Gasteiger charge is 2.48. The molecule has 3 fully saturated rings. The zero-order valence-corrected chi connectivity index (χ0v) is 26.8. The van der Waals surface area contributed by atoms with Crippen molar-refractivity contribution in [1.29, 1.82) is 0 Å². The number of rotatable bonds is 6. The maximum absolute atomic E-state index is 13.3. The summed E-state index contributed by atoms with van der Waals surface area (Å²) in [4.78, 5) is 28.4. The normalized spacial score (nSPS) is 19.8. The summed E-state index contributed by atoms with van der Waals surface area (Å²) in [5.74, 6) is 1.03. The van der Waals surface area contributed by atoms with E-state index in [1.165, 1.54) is 0 Å². The van der Waals surface area contributed by atoms with Gasteiger partial charge in [-0.1, -0.05) is 12.7 Å². The number of carbonyl (C=O) groups excluding carboxylic acids is 1. The van der Waals surface area contributed by atoms with Crippen LogP contribution in [0.4, 0.5) is 29.7 Å². The van der Waals surface area contributed by atoms with E-state index in [4.69, 9.17) is 19.4 Å². The van der Waals surface area contributed by atoms with Crippen LogP contribution in [0.15, 0.2) is 17.1 Å². The number of hydrogen-bond acceptors (Lipinski definition) is 8. The molecule has 236 valence electrons. The van der Waals surface area contributed by atoms with E-state index in [0.717, 1.165) is 38.8 Å². The number of likely N-dealkylation sites (tertiary alicyclic amines) is 2. The van der Waals surface area contributed by atoms with Crippen LogP contribution in [0.5, 0.6) is 5.75 Å². The van der Waals surface area contributed by atoms with Crippen LogP contribution in [0.1, 0.15) is 52.0 Å². The topological polar surface area (TPSA) is 83.1 Å². The highest BCUT2D eigenvalue weighted by atomic mass is 79.9. The summed E-state index contributed by atoms with van der Waals surface area (Å²) in [5, 5.41) is 4.05. The highest BCUT2D eigenvalue weighted by Crippen LogP contribution is 2.45. The average molecular weight is 670 g/mol.